The van der Waals surface area contributed by atoms with Gasteiger partial charge in [0.25, 0.3) is 10.0 Å². The van der Waals surface area contributed by atoms with Crippen LogP contribution in [0, 0.1) is 5.41 Å². The largest absolute Gasteiger partial charge is 0.493 e. The van der Waals surface area contributed by atoms with Gasteiger partial charge in [-0.2, -0.15) is 5.10 Å². The van der Waals surface area contributed by atoms with Crippen molar-refractivity contribution in [3.05, 3.63) is 53.2 Å². The predicted octanol–water partition coefficient (Wildman–Crippen LogP) is 2.76. The summed E-state index contributed by atoms with van der Waals surface area (Å²) in [6.45, 7) is 1.67. The molecule has 0 aliphatic heterocycles. The standard InChI is InChI=1S/C19H20ClN5O4S/c1-11(23-24-19(21)22)15-10-25(16-6-4-12(20)8-14(15)16)30(26,27)13-5-7-17(28-2)18(9-13)29-3/h4-10H,1-3H3,(H4,21,22,24). The molecule has 0 saturated carbocycles. The second kappa shape index (κ2) is 8.25. The number of hydrogen-bond acceptors (Lipinski definition) is 6. The van der Waals surface area contributed by atoms with Gasteiger partial charge in [0.15, 0.2) is 11.5 Å². The smallest absolute Gasteiger partial charge is 0.268 e. The Morgan fingerprint density at radius 3 is 2.50 bits per heavy atom. The van der Waals surface area contributed by atoms with Crippen molar-refractivity contribution in [3.63, 3.8) is 0 Å². The number of guanidine groups is 1. The summed E-state index contributed by atoms with van der Waals surface area (Å²) in [5.74, 6) is 0.371. The lowest BCUT2D eigenvalue weighted by Crippen LogP contribution is -2.26. The molecule has 0 aliphatic rings. The second-order valence-electron chi connectivity index (χ2n) is 6.24. The van der Waals surface area contributed by atoms with Crippen LogP contribution in [-0.4, -0.2) is 38.3 Å². The minimum atomic E-state index is -3.98. The lowest BCUT2D eigenvalue weighted by molar-refractivity contribution is 0.354. The summed E-state index contributed by atoms with van der Waals surface area (Å²) in [4.78, 5) is 0.0232. The van der Waals surface area contributed by atoms with E-state index in [0.29, 0.717) is 38.7 Å². The van der Waals surface area contributed by atoms with Gasteiger partial charge < -0.3 is 15.2 Å². The Kier molecular flexibility index (Phi) is 5.90. The van der Waals surface area contributed by atoms with Crippen molar-refractivity contribution < 1.29 is 17.9 Å². The molecule has 0 spiro atoms. The van der Waals surface area contributed by atoms with Crippen LogP contribution in [-0.2, 0) is 10.0 Å². The molecule has 11 heteroatoms. The molecule has 3 aromatic rings. The van der Waals surface area contributed by atoms with E-state index in [9.17, 15) is 8.42 Å². The number of hydrazone groups is 1. The summed E-state index contributed by atoms with van der Waals surface area (Å²) in [5, 5.41) is 12.3. The number of benzene rings is 2. The fourth-order valence-corrected chi connectivity index (χ4v) is 4.51. The van der Waals surface area contributed by atoms with Gasteiger partial charge in [-0.15, -0.1) is 0 Å². The Bertz CT molecular complexity index is 1270. The molecule has 0 bridgehead atoms. The maximum absolute atomic E-state index is 13.4. The fraction of sp³-hybridized carbons (Fsp3) is 0.158. The summed E-state index contributed by atoms with van der Waals surface area (Å²) in [5.41, 5.74) is 9.00. The zero-order valence-corrected chi connectivity index (χ0v) is 18.0. The first-order valence-electron chi connectivity index (χ1n) is 8.62. The molecule has 9 nitrogen and oxygen atoms in total. The lowest BCUT2D eigenvalue weighted by atomic mass is 10.1. The third kappa shape index (κ3) is 3.91. The molecular weight excluding hydrogens is 430 g/mol. The van der Waals surface area contributed by atoms with Gasteiger partial charge in [0.05, 0.1) is 30.3 Å². The Morgan fingerprint density at radius 1 is 1.17 bits per heavy atom. The summed E-state index contributed by atoms with van der Waals surface area (Å²) < 4.78 is 38.4. The van der Waals surface area contributed by atoms with Crippen LogP contribution in [0.5, 0.6) is 11.5 Å². The van der Waals surface area contributed by atoms with Crippen molar-refractivity contribution in [2.24, 2.45) is 10.8 Å². The first-order chi connectivity index (χ1) is 14.2. The molecule has 0 fully saturated rings. The predicted molar refractivity (Wildman–Crippen MR) is 116 cm³/mol. The molecule has 3 rings (SSSR count). The number of ether oxygens (including phenoxy) is 2. The van der Waals surface area contributed by atoms with Crippen molar-refractivity contribution in [2.45, 2.75) is 11.8 Å². The Hall–Kier alpha value is -3.24. The van der Waals surface area contributed by atoms with Crippen LogP contribution in [0.3, 0.4) is 0 Å². The molecule has 2 aromatic carbocycles. The maximum Gasteiger partial charge on any atom is 0.268 e. The van der Waals surface area contributed by atoms with Gasteiger partial charge in [0.1, 0.15) is 0 Å². The molecule has 4 N–H and O–H groups in total. The van der Waals surface area contributed by atoms with Gasteiger partial charge in [0, 0.05) is 28.2 Å². The van der Waals surface area contributed by atoms with E-state index in [4.69, 9.17) is 32.2 Å². The molecule has 0 amide bonds. The Labute approximate surface area is 178 Å². The zero-order valence-electron chi connectivity index (χ0n) is 16.4. The molecule has 0 radical (unpaired) electrons. The minimum Gasteiger partial charge on any atom is -0.493 e. The Balaban J connectivity index is 2.23. The van der Waals surface area contributed by atoms with Crippen LogP contribution in [0.15, 0.2) is 52.6 Å². The number of aromatic nitrogens is 1. The maximum atomic E-state index is 13.4. The van der Waals surface area contributed by atoms with Crippen molar-refractivity contribution in [2.75, 3.05) is 14.2 Å². The topological polar surface area (TPSA) is 132 Å². The van der Waals surface area contributed by atoms with E-state index in [1.807, 2.05) is 0 Å². The fourth-order valence-electron chi connectivity index (χ4n) is 2.95. The van der Waals surface area contributed by atoms with Crippen molar-refractivity contribution in [1.29, 1.82) is 5.41 Å². The van der Waals surface area contributed by atoms with E-state index in [1.165, 1.54) is 38.6 Å². The number of fused-ring (bicyclic) bond motifs is 1. The summed E-state index contributed by atoms with van der Waals surface area (Å²) in [6, 6.07) is 9.24. The number of nitrogens with two attached hydrogens (primary N) is 1. The summed E-state index contributed by atoms with van der Waals surface area (Å²) >= 11 is 6.14. The number of halogens is 1. The average molecular weight is 450 g/mol. The van der Waals surface area contributed by atoms with Gasteiger partial charge >= 0.3 is 0 Å². The van der Waals surface area contributed by atoms with E-state index in [-0.39, 0.29) is 10.9 Å². The van der Waals surface area contributed by atoms with Crippen LogP contribution < -0.4 is 20.6 Å². The number of hydrogen-bond donors (Lipinski definition) is 3. The summed E-state index contributed by atoms with van der Waals surface area (Å²) in [7, 11) is -1.08. The number of nitrogens with zero attached hydrogens (tertiary/aromatic N) is 2. The van der Waals surface area contributed by atoms with E-state index in [0.717, 1.165) is 3.97 Å². The highest BCUT2D eigenvalue weighted by molar-refractivity contribution is 7.90. The highest BCUT2D eigenvalue weighted by Crippen LogP contribution is 2.33. The van der Waals surface area contributed by atoms with E-state index in [2.05, 4.69) is 10.5 Å². The second-order valence-corrected chi connectivity index (χ2v) is 8.50. The Morgan fingerprint density at radius 2 is 1.87 bits per heavy atom. The molecule has 0 unspecified atom stereocenters. The molecule has 158 valence electrons. The number of nitrogens with one attached hydrogen (secondary N) is 2. The zero-order chi connectivity index (χ0) is 22.1. The van der Waals surface area contributed by atoms with E-state index < -0.39 is 10.0 Å². The third-order valence-electron chi connectivity index (χ3n) is 4.38. The number of rotatable bonds is 6. The SMILES string of the molecule is COc1ccc(S(=O)(=O)n2cc(C(C)=NNC(=N)N)c3cc(Cl)ccc32)cc1OC. The molecule has 1 aromatic heterocycles. The van der Waals surface area contributed by atoms with E-state index in [1.54, 1.807) is 25.1 Å². The van der Waals surface area contributed by atoms with Crippen LogP contribution in [0.2, 0.25) is 5.02 Å². The van der Waals surface area contributed by atoms with Gasteiger partial charge in [-0.3, -0.25) is 5.41 Å². The molecule has 1 heterocycles. The molecule has 30 heavy (non-hydrogen) atoms. The molecule has 0 saturated heterocycles. The van der Waals surface area contributed by atoms with Crippen LogP contribution in [0.4, 0.5) is 0 Å². The van der Waals surface area contributed by atoms with Crippen LogP contribution in [0.1, 0.15) is 12.5 Å². The van der Waals surface area contributed by atoms with Crippen molar-refractivity contribution >= 4 is 44.2 Å². The lowest BCUT2D eigenvalue weighted by Gasteiger charge is -2.11. The minimum absolute atomic E-state index is 0.0232. The quantitative estimate of drug-likeness (QED) is 0.301. The normalized spacial score (nSPS) is 12.1. The average Bonchev–Trinajstić information content (AvgIpc) is 3.10. The third-order valence-corrected chi connectivity index (χ3v) is 6.28. The first kappa shape index (κ1) is 21.5. The summed E-state index contributed by atoms with van der Waals surface area (Å²) in [6.07, 6.45) is 1.45. The van der Waals surface area contributed by atoms with Gasteiger partial charge in [0.2, 0.25) is 5.96 Å². The van der Waals surface area contributed by atoms with Crippen molar-refractivity contribution in [3.8, 4) is 11.5 Å². The highest BCUT2D eigenvalue weighted by Gasteiger charge is 2.24. The molecule has 0 aliphatic carbocycles. The van der Waals surface area contributed by atoms with Crippen LogP contribution >= 0.6 is 11.6 Å². The molecular formula is C19H20ClN5O4S. The van der Waals surface area contributed by atoms with Crippen molar-refractivity contribution in [1.82, 2.24) is 9.40 Å². The monoisotopic (exact) mass is 449 g/mol. The number of methoxy groups -OCH3 is 2. The van der Waals surface area contributed by atoms with Gasteiger partial charge in [-0.25, -0.2) is 17.8 Å². The highest BCUT2D eigenvalue weighted by atomic mass is 35.5. The van der Waals surface area contributed by atoms with E-state index >= 15 is 0 Å². The van der Waals surface area contributed by atoms with Crippen LogP contribution in [0.25, 0.3) is 10.9 Å². The van der Waals surface area contributed by atoms with Gasteiger partial charge in [-0.1, -0.05) is 11.6 Å². The molecule has 0 atom stereocenters. The van der Waals surface area contributed by atoms with Gasteiger partial charge in [-0.05, 0) is 37.3 Å². The first-order valence-corrected chi connectivity index (χ1v) is 10.4.